The quantitative estimate of drug-likeness (QED) is 0.0165. The zero-order valence-electron chi connectivity index (χ0n) is 44.2. The van der Waals surface area contributed by atoms with Gasteiger partial charge in [0, 0.05) is 25.6 Å². The summed E-state index contributed by atoms with van der Waals surface area (Å²) in [6, 6.07) is -11.2. The first-order chi connectivity index (χ1) is 37.2. The lowest BCUT2D eigenvalue weighted by molar-refractivity contribution is -0.137. The summed E-state index contributed by atoms with van der Waals surface area (Å²) in [6.07, 6.45) is -1.50. The van der Waals surface area contributed by atoms with Crippen molar-refractivity contribution in [3.63, 3.8) is 0 Å². The van der Waals surface area contributed by atoms with E-state index in [1.54, 1.807) is 0 Å². The van der Waals surface area contributed by atoms with Gasteiger partial charge in [-0.3, -0.25) is 62.5 Å². The number of aliphatic hydroxyl groups excluding tert-OH is 3. The predicted molar refractivity (Wildman–Crippen MR) is 277 cm³/mol. The Morgan fingerprint density at radius 3 is 1.66 bits per heavy atom. The van der Waals surface area contributed by atoms with Gasteiger partial charge in [0.05, 0.1) is 44.1 Å². The summed E-state index contributed by atoms with van der Waals surface area (Å²) in [5.74, 6) is -11.8. The molecule has 25 N–H and O–H groups in total. The van der Waals surface area contributed by atoms with Gasteiger partial charge in [-0.05, 0) is 78.7 Å². The Morgan fingerprint density at radius 1 is 0.582 bits per heavy atom. The van der Waals surface area contributed by atoms with E-state index in [0.29, 0.717) is 19.4 Å². The average Bonchev–Trinajstić information content (AvgIpc) is 3.94. The smallest absolute Gasteiger partial charge is 0.289 e. The van der Waals surface area contributed by atoms with Gasteiger partial charge in [0.2, 0.25) is 70.7 Å². The lowest BCUT2D eigenvalue weighted by atomic mass is 10.0. The molecule has 10 atom stereocenters. The molecule has 12 amide bonds. The fourth-order valence-electron chi connectivity index (χ4n) is 6.86. The highest BCUT2D eigenvalue weighted by atomic mass is 16.5. The van der Waals surface area contributed by atoms with Crippen LogP contribution in [-0.4, -0.2) is 197 Å². The second kappa shape index (κ2) is 36.9. The van der Waals surface area contributed by atoms with Gasteiger partial charge in [-0.25, -0.2) is 0 Å². The fraction of sp³-hybridized carbons (Fsp3) is 0.644. The van der Waals surface area contributed by atoms with Crippen LogP contribution in [0.3, 0.4) is 0 Å². The van der Waals surface area contributed by atoms with Gasteiger partial charge in [0.15, 0.2) is 5.96 Å². The molecule has 0 spiro atoms. The number of unbranched alkanes of at least 4 members (excludes halogenated alkanes) is 2. The van der Waals surface area contributed by atoms with Crippen LogP contribution in [0.25, 0.3) is 0 Å². The molecular formula is C45H78N18O16. The lowest BCUT2D eigenvalue weighted by Crippen LogP contribution is -2.61. The molecule has 34 nitrogen and oxygen atoms in total. The van der Waals surface area contributed by atoms with Crippen molar-refractivity contribution in [1.29, 1.82) is 0 Å². The van der Waals surface area contributed by atoms with E-state index in [-0.39, 0.29) is 76.2 Å². The van der Waals surface area contributed by atoms with Crippen LogP contribution in [0, 0.1) is 0 Å². The first kappa shape index (κ1) is 68.9. The van der Waals surface area contributed by atoms with Crippen molar-refractivity contribution in [2.75, 3.05) is 39.3 Å². The van der Waals surface area contributed by atoms with Crippen molar-refractivity contribution in [2.45, 2.75) is 146 Å². The van der Waals surface area contributed by atoms with Crippen LogP contribution in [-0.2, 0) is 52.7 Å². The maximum Gasteiger partial charge on any atom is 0.289 e. The van der Waals surface area contributed by atoms with Gasteiger partial charge in [-0.2, -0.15) is 0 Å². The van der Waals surface area contributed by atoms with Gasteiger partial charge in [-0.1, -0.05) is 11.6 Å². The third-order valence-electron chi connectivity index (χ3n) is 11.3. The zero-order valence-corrected chi connectivity index (χ0v) is 44.2. The molecule has 1 rings (SSSR count). The van der Waals surface area contributed by atoms with Crippen molar-refractivity contribution in [3.05, 3.63) is 18.0 Å². The number of rotatable bonds is 39. The van der Waals surface area contributed by atoms with E-state index in [1.807, 2.05) is 0 Å². The van der Waals surface area contributed by atoms with Gasteiger partial charge in [0.25, 0.3) is 5.91 Å². The summed E-state index contributed by atoms with van der Waals surface area (Å²) in [7, 11) is 0. The molecule has 34 heteroatoms. The number of primary amides is 2. The average molecular weight is 1130 g/mol. The molecule has 0 radical (unpaired) electrons. The van der Waals surface area contributed by atoms with E-state index in [2.05, 4.69) is 63.3 Å². The molecule has 0 aliphatic heterocycles. The molecule has 444 valence electrons. The number of nitrogens with two attached hydrogens (primary N) is 6. The SMILES string of the molecule is C[C@H](NC(=O)[C@@H](NC(=O)[C@H](CCC(N)=O)NC(=O)[C@@H](N)CCCCN)[C@@H](C)O)C(=O)N[C@@H](CCCN=C(N)N)C(=O)N[C@@H](CCCCNC(=O)c1ccno1)C(=O)N[C@@H](CO)C(=O)N[C@H](C(=O)NCC(=O)NCC(N)=O)[C@@H](C)O. The highest BCUT2D eigenvalue weighted by Gasteiger charge is 2.35. The number of hydrogen-bond acceptors (Lipinski definition) is 20. The number of aliphatic imine (C=N–C) groups is 1. The molecule has 79 heavy (non-hydrogen) atoms. The molecule has 0 unspecified atom stereocenters. The molecule has 0 saturated heterocycles. The van der Waals surface area contributed by atoms with Crippen molar-refractivity contribution in [3.8, 4) is 0 Å². The number of hydrogen-bond donors (Lipinski definition) is 19. The number of carbonyl (C=O) groups excluding carboxylic acids is 12. The molecular weight excluding hydrogens is 1050 g/mol. The van der Waals surface area contributed by atoms with Crippen LogP contribution in [0.15, 0.2) is 21.8 Å². The van der Waals surface area contributed by atoms with Crippen molar-refractivity contribution in [2.24, 2.45) is 39.4 Å². The van der Waals surface area contributed by atoms with E-state index in [1.165, 1.54) is 19.2 Å². The van der Waals surface area contributed by atoms with Gasteiger partial charge in [0.1, 0.15) is 42.3 Å². The normalized spacial score (nSPS) is 14.7. The Balaban J connectivity index is 3.40. The Bertz CT molecular complexity index is 2230. The molecule has 1 aromatic heterocycles. The van der Waals surface area contributed by atoms with Gasteiger partial charge in [-0.15, -0.1) is 0 Å². The van der Waals surface area contributed by atoms with Crippen LogP contribution in [0.1, 0.15) is 95.5 Å². The number of amides is 12. The molecule has 0 aliphatic carbocycles. The second-order valence-corrected chi connectivity index (χ2v) is 18.0. The van der Waals surface area contributed by atoms with E-state index >= 15 is 0 Å². The molecule has 0 aliphatic rings. The second-order valence-electron chi connectivity index (χ2n) is 18.0. The number of aromatic nitrogens is 1. The van der Waals surface area contributed by atoms with Crippen molar-refractivity contribution < 1.29 is 77.4 Å². The highest BCUT2D eigenvalue weighted by molar-refractivity contribution is 5.98. The third kappa shape index (κ3) is 27.7. The first-order valence-electron chi connectivity index (χ1n) is 25.1. The van der Waals surface area contributed by atoms with Crippen LogP contribution in [0.5, 0.6) is 0 Å². The molecule has 1 aromatic rings. The lowest BCUT2D eigenvalue weighted by Gasteiger charge is -2.28. The van der Waals surface area contributed by atoms with Crippen LogP contribution in [0.2, 0.25) is 0 Å². The maximum absolute atomic E-state index is 14.2. The van der Waals surface area contributed by atoms with Crippen molar-refractivity contribution in [1.82, 2.24) is 58.3 Å². The maximum atomic E-state index is 14.2. The Kier molecular flexibility index (Phi) is 32.2. The van der Waals surface area contributed by atoms with E-state index < -0.39 is 151 Å². The summed E-state index contributed by atoms with van der Waals surface area (Å²) < 4.78 is 4.83. The Labute approximate surface area is 453 Å². The molecule has 0 aromatic carbocycles. The third-order valence-corrected chi connectivity index (χ3v) is 11.3. The summed E-state index contributed by atoms with van der Waals surface area (Å²) in [4.78, 5) is 159. The molecule has 1 heterocycles. The van der Waals surface area contributed by atoms with Crippen molar-refractivity contribution >= 4 is 76.8 Å². The zero-order chi connectivity index (χ0) is 59.8. The molecule has 0 saturated carbocycles. The monoisotopic (exact) mass is 1130 g/mol. The largest absolute Gasteiger partial charge is 0.394 e. The summed E-state index contributed by atoms with van der Waals surface area (Å²) in [6.45, 7) is 1.42. The van der Waals surface area contributed by atoms with Crippen LogP contribution < -0.4 is 87.6 Å². The van der Waals surface area contributed by atoms with E-state index in [9.17, 15) is 72.9 Å². The van der Waals surface area contributed by atoms with E-state index in [0.717, 1.165) is 13.8 Å². The Morgan fingerprint density at radius 2 is 1.11 bits per heavy atom. The minimum Gasteiger partial charge on any atom is -0.394 e. The number of nitrogens with one attached hydrogen (secondary N) is 10. The number of carbonyl (C=O) groups is 12. The van der Waals surface area contributed by atoms with Crippen LogP contribution >= 0.6 is 0 Å². The first-order valence-corrected chi connectivity index (χ1v) is 25.1. The molecule has 0 fully saturated rings. The topological polar surface area (TPSA) is 580 Å². The fourth-order valence-corrected chi connectivity index (χ4v) is 6.86. The summed E-state index contributed by atoms with van der Waals surface area (Å²) in [5.41, 5.74) is 32.6. The van der Waals surface area contributed by atoms with E-state index in [4.69, 9.17) is 38.9 Å². The number of guanidine groups is 1. The minimum atomic E-state index is -1.84. The minimum absolute atomic E-state index is 0.0306. The van der Waals surface area contributed by atoms with Gasteiger partial charge >= 0.3 is 0 Å². The van der Waals surface area contributed by atoms with Crippen LogP contribution in [0.4, 0.5) is 0 Å². The molecule has 0 bridgehead atoms. The standard InChI is InChI=1S/C45H78N18O16/c1-22(57-44(78)35(24(3)66)63-40(74)28(12-13-31(48)67)59-37(71)25(47)9-4-6-15-46)36(70)58-27(11-8-17-53-45(50)51)38(72)60-26(10-5-7-16-52-42(76)30-14-18-56-79-30)39(73)61-29(21-64)41(75)62-34(23(2)65)43(77)55-20-33(69)54-19-32(49)68/h14,18,22-29,34-35,64-66H,4-13,15-17,19-21,46-47H2,1-3H3,(H2,48,67)(H2,49,68)(H,52,76)(H,54,69)(H,55,77)(H,57,78)(H,58,70)(H,59,71)(H,60,72)(H,61,73)(H,62,75)(H,63,74)(H4,50,51,53)/t22-,23+,24+,25-,26-,27-,28-,29-,34-,35-/m0/s1. The van der Waals surface area contributed by atoms with Gasteiger partial charge < -0.3 is 107 Å². The number of aliphatic hydroxyl groups is 3. The summed E-state index contributed by atoms with van der Waals surface area (Å²) >= 11 is 0. The Hall–Kier alpha value is -8.08. The number of nitrogens with zero attached hydrogens (tertiary/aromatic N) is 2. The summed E-state index contributed by atoms with van der Waals surface area (Å²) in [5, 5.41) is 57.9. The predicted octanol–water partition coefficient (Wildman–Crippen LogP) is -9.76. The highest BCUT2D eigenvalue weighted by Crippen LogP contribution is 2.09.